The van der Waals surface area contributed by atoms with Crippen LogP contribution in [0.2, 0.25) is 5.02 Å². The van der Waals surface area contributed by atoms with E-state index in [1.165, 1.54) is 18.2 Å². The quantitative estimate of drug-likeness (QED) is 0.572. The Morgan fingerprint density at radius 2 is 2.12 bits per heavy atom. The van der Waals surface area contributed by atoms with Crippen LogP contribution in [0, 0.1) is 0 Å². The summed E-state index contributed by atoms with van der Waals surface area (Å²) in [6.07, 6.45) is -3.47. The molecule has 0 saturated carbocycles. The minimum absolute atomic E-state index is 0.174. The largest absolute Gasteiger partial charge is 0.479 e. The molecule has 0 aliphatic heterocycles. The van der Waals surface area contributed by atoms with Crippen molar-refractivity contribution in [1.29, 1.82) is 0 Å². The van der Waals surface area contributed by atoms with E-state index in [1.54, 1.807) is 0 Å². The Balaban J connectivity index is 3.05. The molecule has 0 amide bonds. The number of hydrogen-bond acceptors (Lipinski definition) is 5. The first-order chi connectivity index (χ1) is 7.97. The third kappa shape index (κ3) is 3.33. The number of aliphatic imine (C=N–C) groups is 1. The van der Waals surface area contributed by atoms with E-state index in [0.29, 0.717) is 5.69 Å². The normalized spacial score (nSPS) is 13.6. The predicted octanol–water partition coefficient (Wildman–Crippen LogP) is 1.55. The molecule has 2 unspecified atom stereocenters. The third-order valence-corrected chi connectivity index (χ3v) is 2.43. The first kappa shape index (κ1) is 13.8. The molecule has 0 aliphatic rings. The Morgan fingerprint density at radius 3 is 2.59 bits per heavy atom. The number of aliphatic hydroxyl groups excluding tert-OH is 2. The summed E-state index contributed by atoms with van der Waals surface area (Å²) in [4.78, 5) is 14.1. The molecule has 5 nitrogen and oxygen atoms in total. The second-order valence-corrected chi connectivity index (χ2v) is 3.73. The Hall–Kier alpha value is -1.30. The summed E-state index contributed by atoms with van der Waals surface area (Å²) in [6, 6.07) is 4.15. The Labute approximate surface area is 107 Å². The van der Waals surface area contributed by atoms with Crippen LogP contribution < -0.4 is 0 Å². The van der Waals surface area contributed by atoms with Gasteiger partial charge in [-0.25, -0.2) is 4.79 Å². The highest BCUT2D eigenvalue weighted by Gasteiger charge is 2.25. The fourth-order valence-corrected chi connectivity index (χ4v) is 1.49. The van der Waals surface area contributed by atoms with Gasteiger partial charge >= 0.3 is 5.97 Å². The highest BCUT2D eigenvalue weighted by molar-refractivity contribution is 7.78. The Morgan fingerprint density at radius 1 is 1.47 bits per heavy atom. The summed E-state index contributed by atoms with van der Waals surface area (Å²) >= 11 is 10.2. The van der Waals surface area contributed by atoms with Crippen molar-refractivity contribution in [2.75, 3.05) is 0 Å². The molecule has 2 atom stereocenters. The topological polar surface area (TPSA) is 90.1 Å². The van der Waals surface area contributed by atoms with Gasteiger partial charge in [-0.2, -0.15) is 4.99 Å². The molecule has 17 heavy (non-hydrogen) atoms. The molecule has 1 aromatic carbocycles. The highest BCUT2D eigenvalue weighted by atomic mass is 35.5. The van der Waals surface area contributed by atoms with E-state index in [0.717, 1.165) is 0 Å². The number of carbonyl (C=O) groups is 1. The zero-order valence-electron chi connectivity index (χ0n) is 8.37. The van der Waals surface area contributed by atoms with Gasteiger partial charge in [0.05, 0.1) is 15.9 Å². The minimum atomic E-state index is -1.91. The molecule has 0 bridgehead atoms. The summed E-state index contributed by atoms with van der Waals surface area (Å²) < 4.78 is 0. The number of hydrogen-bond donors (Lipinski definition) is 3. The van der Waals surface area contributed by atoms with Gasteiger partial charge in [-0.05, 0) is 29.9 Å². The van der Waals surface area contributed by atoms with E-state index >= 15 is 0 Å². The number of rotatable bonds is 4. The number of aliphatic hydroxyl groups is 2. The van der Waals surface area contributed by atoms with E-state index < -0.39 is 18.2 Å². The van der Waals surface area contributed by atoms with Crippen LogP contribution >= 0.6 is 23.8 Å². The van der Waals surface area contributed by atoms with Gasteiger partial charge in [0.15, 0.2) is 6.10 Å². The van der Waals surface area contributed by atoms with Gasteiger partial charge in [-0.3, -0.25) is 0 Å². The number of carboxylic acids is 1. The first-order valence-electron chi connectivity index (χ1n) is 4.43. The van der Waals surface area contributed by atoms with Gasteiger partial charge in [-0.1, -0.05) is 17.7 Å². The zero-order valence-corrected chi connectivity index (χ0v) is 9.94. The van der Waals surface area contributed by atoms with Crippen LogP contribution in [0.3, 0.4) is 0 Å². The van der Waals surface area contributed by atoms with Crippen molar-refractivity contribution < 1.29 is 20.1 Å². The minimum Gasteiger partial charge on any atom is -0.479 e. The van der Waals surface area contributed by atoms with Crippen molar-refractivity contribution in [3.63, 3.8) is 0 Å². The van der Waals surface area contributed by atoms with Crippen LogP contribution in [0.5, 0.6) is 0 Å². The maximum absolute atomic E-state index is 10.5. The second-order valence-electron chi connectivity index (χ2n) is 3.14. The second kappa shape index (κ2) is 5.86. The molecule has 0 saturated heterocycles. The van der Waals surface area contributed by atoms with Crippen LogP contribution in [0.1, 0.15) is 11.7 Å². The molecular weight excluding hydrogens is 266 g/mol. The number of carboxylic acid groups (broad SMARTS) is 1. The molecule has 0 radical (unpaired) electrons. The van der Waals surface area contributed by atoms with Crippen molar-refractivity contribution in [2.24, 2.45) is 4.99 Å². The third-order valence-electron chi connectivity index (χ3n) is 2.03. The molecule has 0 aliphatic carbocycles. The number of aliphatic carboxylic acids is 1. The summed E-state index contributed by atoms with van der Waals surface area (Å²) in [5.74, 6) is -1.52. The van der Waals surface area contributed by atoms with E-state index in [1.807, 2.05) is 0 Å². The smallest absolute Gasteiger partial charge is 0.335 e. The van der Waals surface area contributed by atoms with Gasteiger partial charge in [0.25, 0.3) is 0 Å². The SMILES string of the molecule is O=C(O)C(O)C(O)c1ccc(N=C=S)c(Cl)c1. The monoisotopic (exact) mass is 273 g/mol. The molecule has 0 aromatic heterocycles. The van der Waals surface area contributed by atoms with Crippen LogP contribution in [0.15, 0.2) is 23.2 Å². The lowest BCUT2D eigenvalue weighted by Crippen LogP contribution is -2.27. The average Bonchev–Trinajstić information content (AvgIpc) is 2.30. The molecule has 0 spiro atoms. The van der Waals surface area contributed by atoms with Gasteiger partial charge in [-0.15, -0.1) is 0 Å². The van der Waals surface area contributed by atoms with Gasteiger partial charge in [0, 0.05) is 0 Å². The van der Waals surface area contributed by atoms with Gasteiger partial charge in [0.2, 0.25) is 0 Å². The van der Waals surface area contributed by atoms with Crippen molar-refractivity contribution >= 4 is 40.6 Å². The average molecular weight is 274 g/mol. The summed E-state index contributed by atoms with van der Waals surface area (Å²) in [5, 5.41) is 29.6. The van der Waals surface area contributed by atoms with E-state index in [9.17, 15) is 9.90 Å². The molecule has 0 fully saturated rings. The first-order valence-corrected chi connectivity index (χ1v) is 5.22. The number of benzene rings is 1. The molecule has 1 rings (SSSR count). The van der Waals surface area contributed by atoms with Crippen molar-refractivity contribution in [1.82, 2.24) is 0 Å². The van der Waals surface area contributed by atoms with E-state index in [4.69, 9.17) is 21.8 Å². The number of nitrogens with zero attached hydrogens (tertiary/aromatic N) is 1. The fourth-order valence-electron chi connectivity index (χ4n) is 1.16. The van der Waals surface area contributed by atoms with Gasteiger partial charge < -0.3 is 15.3 Å². The van der Waals surface area contributed by atoms with E-state index in [2.05, 4.69) is 22.4 Å². The lowest BCUT2D eigenvalue weighted by Gasteiger charge is -2.14. The fraction of sp³-hybridized carbons (Fsp3) is 0.200. The molecule has 1 aromatic rings. The molecule has 90 valence electrons. The van der Waals surface area contributed by atoms with Crippen LogP contribution in [0.4, 0.5) is 5.69 Å². The number of thiocarbonyl (C=S) groups is 1. The Bertz CT molecular complexity index is 487. The summed E-state index contributed by atoms with van der Waals surface area (Å²) in [7, 11) is 0. The van der Waals surface area contributed by atoms with Crippen LogP contribution in [-0.2, 0) is 4.79 Å². The van der Waals surface area contributed by atoms with Gasteiger partial charge in [0.1, 0.15) is 6.10 Å². The van der Waals surface area contributed by atoms with Crippen molar-refractivity contribution in [2.45, 2.75) is 12.2 Å². The standard InChI is InChI=1S/C10H8ClNO4S/c11-6-3-5(1-2-7(6)12-4-17)8(13)9(14)10(15)16/h1-3,8-9,13-14H,(H,15,16). The van der Waals surface area contributed by atoms with Crippen molar-refractivity contribution in [3.05, 3.63) is 28.8 Å². The number of halogens is 1. The summed E-state index contributed by atoms with van der Waals surface area (Å²) in [5.41, 5.74) is 0.524. The molecular formula is C10H8ClNO4S. The summed E-state index contributed by atoms with van der Waals surface area (Å²) in [6.45, 7) is 0. The maximum atomic E-state index is 10.5. The molecule has 3 N–H and O–H groups in total. The zero-order chi connectivity index (χ0) is 13.0. The van der Waals surface area contributed by atoms with Crippen molar-refractivity contribution in [3.8, 4) is 0 Å². The van der Waals surface area contributed by atoms with Crippen LogP contribution in [-0.4, -0.2) is 32.6 Å². The van der Waals surface area contributed by atoms with Crippen LogP contribution in [0.25, 0.3) is 0 Å². The highest BCUT2D eigenvalue weighted by Crippen LogP contribution is 2.29. The maximum Gasteiger partial charge on any atom is 0.335 e. The lowest BCUT2D eigenvalue weighted by molar-refractivity contribution is -0.153. The molecule has 7 heteroatoms. The Kier molecular flexibility index (Phi) is 4.74. The molecule has 0 heterocycles. The lowest BCUT2D eigenvalue weighted by atomic mass is 10.0. The predicted molar refractivity (Wildman–Crippen MR) is 64.7 cm³/mol. The van der Waals surface area contributed by atoms with E-state index in [-0.39, 0.29) is 10.6 Å². The number of isothiocyanates is 1.